The number of rotatable bonds is 3. The lowest BCUT2D eigenvalue weighted by molar-refractivity contribution is -0.151. The van der Waals surface area contributed by atoms with Crippen molar-refractivity contribution in [3.8, 4) is 0 Å². The molecule has 4 nitrogen and oxygen atoms in total. The van der Waals surface area contributed by atoms with E-state index in [0.29, 0.717) is 0 Å². The molecule has 1 heterocycles. The van der Waals surface area contributed by atoms with Gasteiger partial charge in [-0.3, -0.25) is 14.4 Å². The molecule has 0 N–H and O–H groups in total. The van der Waals surface area contributed by atoms with Gasteiger partial charge in [0.2, 0.25) is 0 Å². The average Bonchev–Trinajstić information content (AvgIpc) is 2.37. The smallest absolute Gasteiger partial charge is 0.329 e. The molecule has 0 saturated carbocycles. The third kappa shape index (κ3) is 3.09. The molecule has 4 heteroatoms. The third-order valence-electron chi connectivity index (χ3n) is 2.93. The second-order valence-corrected chi connectivity index (χ2v) is 4.66. The molecule has 0 aromatic heterocycles. The highest BCUT2D eigenvalue weighted by molar-refractivity contribution is 6.25. The van der Waals surface area contributed by atoms with Gasteiger partial charge >= 0.3 is 5.97 Å². The molecule has 0 unspecified atom stereocenters. The summed E-state index contributed by atoms with van der Waals surface area (Å²) in [5.41, 5.74) is 1.94. The van der Waals surface area contributed by atoms with Gasteiger partial charge in [-0.1, -0.05) is 35.9 Å². The van der Waals surface area contributed by atoms with Crippen LogP contribution in [0.3, 0.4) is 0 Å². The van der Waals surface area contributed by atoms with Crippen LogP contribution in [-0.2, 0) is 19.1 Å². The van der Waals surface area contributed by atoms with Crippen molar-refractivity contribution in [1.82, 2.24) is 0 Å². The maximum atomic E-state index is 11.9. The van der Waals surface area contributed by atoms with E-state index < -0.39 is 23.5 Å². The highest BCUT2D eigenvalue weighted by Gasteiger charge is 2.36. The summed E-state index contributed by atoms with van der Waals surface area (Å²) in [5, 5.41) is 0. The fourth-order valence-corrected chi connectivity index (χ4v) is 1.86. The molecule has 1 aliphatic heterocycles. The lowest BCUT2D eigenvalue weighted by atomic mass is 9.96. The molecule has 1 aliphatic rings. The maximum Gasteiger partial charge on any atom is 0.329 e. The van der Waals surface area contributed by atoms with Gasteiger partial charge in [-0.25, -0.2) is 0 Å². The molecule has 0 fully saturated rings. The zero-order valence-electron chi connectivity index (χ0n) is 11.3. The first-order valence-electron chi connectivity index (χ1n) is 6.20. The van der Waals surface area contributed by atoms with Gasteiger partial charge in [-0.15, -0.1) is 0 Å². The molecule has 0 aliphatic carbocycles. The van der Waals surface area contributed by atoms with Gasteiger partial charge in [0.15, 0.2) is 17.5 Å². The number of cyclic esters (lactones) is 1. The van der Waals surface area contributed by atoms with Crippen LogP contribution in [0.1, 0.15) is 18.1 Å². The summed E-state index contributed by atoms with van der Waals surface area (Å²) in [7, 11) is 0. The summed E-state index contributed by atoms with van der Waals surface area (Å²) in [6, 6.07) is 7.53. The second-order valence-electron chi connectivity index (χ2n) is 4.66. The van der Waals surface area contributed by atoms with Crippen LogP contribution in [0.15, 0.2) is 42.2 Å². The van der Waals surface area contributed by atoms with Crippen molar-refractivity contribution < 1.29 is 19.1 Å². The number of hydrogen-bond donors (Lipinski definition) is 0. The average molecular weight is 270 g/mol. The lowest BCUT2D eigenvalue weighted by Crippen LogP contribution is -2.34. The van der Waals surface area contributed by atoms with E-state index in [0.717, 1.165) is 11.1 Å². The van der Waals surface area contributed by atoms with Gasteiger partial charge in [-0.05, 0) is 25.5 Å². The van der Waals surface area contributed by atoms with Crippen LogP contribution < -0.4 is 0 Å². The van der Waals surface area contributed by atoms with E-state index in [2.05, 4.69) is 0 Å². The summed E-state index contributed by atoms with van der Waals surface area (Å²) in [4.78, 5) is 35.2. The van der Waals surface area contributed by atoms with Crippen LogP contribution >= 0.6 is 0 Å². The van der Waals surface area contributed by atoms with E-state index in [1.54, 1.807) is 6.08 Å². The molecule has 1 aromatic rings. The number of allylic oxidation sites excluding steroid dienone is 3. The first-order valence-corrected chi connectivity index (χ1v) is 6.20. The van der Waals surface area contributed by atoms with E-state index >= 15 is 0 Å². The fraction of sp³-hybridized carbons (Fsp3) is 0.188. The number of carbonyl (C=O) groups is 3. The molecule has 20 heavy (non-hydrogen) atoms. The van der Waals surface area contributed by atoms with Crippen molar-refractivity contribution >= 4 is 23.6 Å². The molecule has 1 atom stereocenters. The summed E-state index contributed by atoms with van der Waals surface area (Å²) in [6.07, 6.45) is 3.99. The number of ketones is 2. The first-order chi connectivity index (χ1) is 9.47. The Bertz CT molecular complexity index is 620. The number of ether oxygens (including phenoxy) is 1. The van der Waals surface area contributed by atoms with E-state index in [1.807, 2.05) is 31.2 Å². The molecular formula is C16H14O4. The Labute approximate surface area is 116 Å². The molecular weight excluding hydrogens is 256 g/mol. The normalized spacial score (nSPS) is 18.9. The molecule has 0 amide bonds. The van der Waals surface area contributed by atoms with Crippen LogP contribution in [0.4, 0.5) is 0 Å². The van der Waals surface area contributed by atoms with Gasteiger partial charge in [-0.2, -0.15) is 0 Å². The molecule has 102 valence electrons. The number of benzene rings is 1. The molecule has 0 radical (unpaired) electrons. The Morgan fingerprint density at radius 3 is 2.40 bits per heavy atom. The minimum Gasteiger partial charge on any atom is -0.430 e. The quantitative estimate of drug-likeness (QED) is 0.480. The van der Waals surface area contributed by atoms with E-state index in [1.165, 1.54) is 19.1 Å². The van der Waals surface area contributed by atoms with Crippen LogP contribution in [0, 0.1) is 12.8 Å². The minimum atomic E-state index is -1.37. The highest BCUT2D eigenvalue weighted by Crippen LogP contribution is 2.16. The van der Waals surface area contributed by atoms with Gasteiger partial charge in [0.1, 0.15) is 5.76 Å². The van der Waals surface area contributed by atoms with Gasteiger partial charge < -0.3 is 4.74 Å². The maximum absolute atomic E-state index is 11.9. The van der Waals surface area contributed by atoms with Crippen molar-refractivity contribution in [1.29, 1.82) is 0 Å². The van der Waals surface area contributed by atoms with Gasteiger partial charge in [0, 0.05) is 6.08 Å². The fourth-order valence-electron chi connectivity index (χ4n) is 1.86. The Balaban J connectivity index is 2.14. The van der Waals surface area contributed by atoms with E-state index in [4.69, 9.17) is 4.74 Å². The van der Waals surface area contributed by atoms with Gasteiger partial charge in [0.05, 0.1) is 0 Å². The standard InChI is InChI=1S/C16H14O4/c1-10-3-5-12(6-4-10)7-8-13(17)15-14(18)9-11(2)20-16(15)19/h3-9,15H,1-2H3/b8-7-/t15-/m0/s1. The van der Waals surface area contributed by atoms with Crippen LogP contribution in [0.25, 0.3) is 6.08 Å². The van der Waals surface area contributed by atoms with Crippen molar-refractivity contribution in [2.24, 2.45) is 5.92 Å². The summed E-state index contributed by atoms with van der Waals surface area (Å²) >= 11 is 0. The topological polar surface area (TPSA) is 60.4 Å². The minimum absolute atomic E-state index is 0.214. The molecule has 0 spiro atoms. The largest absolute Gasteiger partial charge is 0.430 e. The first kappa shape index (κ1) is 13.9. The second kappa shape index (κ2) is 5.65. The van der Waals surface area contributed by atoms with E-state index in [9.17, 15) is 14.4 Å². The van der Waals surface area contributed by atoms with Crippen LogP contribution in [0.2, 0.25) is 0 Å². The predicted octanol–water partition coefficient (Wildman–Crippen LogP) is 2.22. The number of esters is 1. The Kier molecular flexibility index (Phi) is 3.94. The SMILES string of the molecule is CC1=CC(=O)[C@H](C(=O)/C=C\c2ccc(C)cc2)C(=O)O1. The van der Waals surface area contributed by atoms with Crippen LogP contribution in [0.5, 0.6) is 0 Å². The van der Waals surface area contributed by atoms with Crippen LogP contribution in [-0.4, -0.2) is 17.5 Å². The van der Waals surface area contributed by atoms with E-state index in [-0.39, 0.29) is 5.76 Å². The van der Waals surface area contributed by atoms with Crippen molar-refractivity contribution in [2.45, 2.75) is 13.8 Å². The zero-order valence-corrected chi connectivity index (χ0v) is 11.3. The number of hydrogen-bond acceptors (Lipinski definition) is 4. The third-order valence-corrected chi connectivity index (χ3v) is 2.93. The summed E-state index contributed by atoms with van der Waals surface area (Å²) < 4.78 is 4.80. The molecule has 0 saturated heterocycles. The monoisotopic (exact) mass is 270 g/mol. The van der Waals surface area contributed by atoms with Crippen molar-refractivity contribution in [2.75, 3.05) is 0 Å². The summed E-state index contributed by atoms with van der Waals surface area (Å²) in [5.74, 6) is -3.07. The molecule has 0 bridgehead atoms. The van der Waals surface area contributed by atoms with Crippen molar-refractivity contribution in [3.63, 3.8) is 0 Å². The molecule has 2 rings (SSSR count). The Morgan fingerprint density at radius 2 is 1.80 bits per heavy atom. The highest BCUT2D eigenvalue weighted by atomic mass is 16.5. The Hall–Kier alpha value is -2.49. The predicted molar refractivity (Wildman–Crippen MR) is 73.6 cm³/mol. The molecule has 1 aromatic carbocycles. The Morgan fingerprint density at radius 1 is 1.15 bits per heavy atom. The number of carbonyl (C=O) groups excluding carboxylic acids is 3. The van der Waals surface area contributed by atoms with Crippen molar-refractivity contribution in [3.05, 3.63) is 53.3 Å². The zero-order chi connectivity index (χ0) is 14.7. The number of aryl methyl sites for hydroxylation is 1. The summed E-state index contributed by atoms with van der Waals surface area (Å²) in [6.45, 7) is 3.46. The van der Waals surface area contributed by atoms with Gasteiger partial charge in [0.25, 0.3) is 0 Å². The lowest BCUT2D eigenvalue weighted by Gasteiger charge is -2.15.